The van der Waals surface area contributed by atoms with Gasteiger partial charge < -0.3 is 15.4 Å². The van der Waals surface area contributed by atoms with Crippen molar-refractivity contribution >= 4 is 34.4 Å². The smallest absolute Gasteiger partial charge is 0.352 e. The Hall–Kier alpha value is -2.01. The number of aromatic amines is 1. The van der Waals surface area contributed by atoms with Crippen molar-refractivity contribution in [2.75, 3.05) is 0 Å². The first-order valence-electron chi connectivity index (χ1n) is 6.33. The molecular weight excluding hydrogens is 280 g/mol. The third-order valence-corrected chi connectivity index (χ3v) is 3.26. The van der Waals surface area contributed by atoms with Gasteiger partial charge in [0.2, 0.25) is 5.91 Å². The molecule has 0 saturated carbocycles. The SMILES string of the molecule is CCCC(=O)NCc1c(C(=O)O)[nH]c2ccc(Cl)cc12. The van der Waals surface area contributed by atoms with Crippen molar-refractivity contribution in [1.82, 2.24) is 10.3 Å². The fourth-order valence-electron chi connectivity index (χ4n) is 2.09. The molecule has 3 N–H and O–H groups in total. The van der Waals surface area contributed by atoms with Crippen LogP contribution in [-0.2, 0) is 11.3 Å². The number of carbonyl (C=O) groups excluding carboxylic acids is 1. The predicted octanol–water partition coefficient (Wildman–Crippen LogP) is 2.94. The summed E-state index contributed by atoms with van der Waals surface area (Å²) in [7, 11) is 0. The molecule has 0 atom stereocenters. The molecule has 1 heterocycles. The number of amides is 1. The summed E-state index contributed by atoms with van der Waals surface area (Å²) < 4.78 is 0. The van der Waals surface area contributed by atoms with Gasteiger partial charge in [-0.25, -0.2) is 4.79 Å². The van der Waals surface area contributed by atoms with E-state index in [2.05, 4.69) is 10.3 Å². The number of H-pyrrole nitrogens is 1. The molecule has 0 unspecified atom stereocenters. The summed E-state index contributed by atoms with van der Waals surface area (Å²) in [6.45, 7) is 2.08. The molecule has 2 aromatic rings. The molecule has 5 nitrogen and oxygen atoms in total. The normalized spacial score (nSPS) is 10.7. The fourth-order valence-corrected chi connectivity index (χ4v) is 2.26. The lowest BCUT2D eigenvalue weighted by Crippen LogP contribution is -2.23. The van der Waals surface area contributed by atoms with Crippen molar-refractivity contribution < 1.29 is 14.7 Å². The molecule has 0 aliphatic carbocycles. The summed E-state index contributed by atoms with van der Waals surface area (Å²) in [5.41, 5.74) is 1.31. The minimum absolute atomic E-state index is 0.0825. The van der Waals surface area contributed by atoms with Crippen molar-refractivity contribution in [3.8, 4) is 0 Å². The van der Waals surface area contributed by atoms with Crippen LogP contribution in [0.4, 0.5) is 0 Å². The average molecular weight is 295 g/mol. The first-order chi connectivity index (χ1) is 9.52. The van der Waals surface area contributed by atoms with Crippen LogP contribution >= 0.6 is 11.6 Å². The second-order valence-electron chi connectivity index (χ2n) is 4.50. The number of hydrogen-bond acceptors (Lipinski definition) is 2. The number of carbonyl (C=O) groups is 2. The maximum atomic E-state index is 11.5. The maximum absolute atomic E-state index is 11.5. The molecule has 1 aromatic carbocycles. The first-order valence-corrected chi connectivity index (χ1v) is 6.70. The molecule has 0 aliphatic heterocycles. The number of benzene rings is 1. The highest BCUT2D eigenvalue weighted by Gasteiger charge is 2.17. The summed E-state index contributed by atoms with van der Waals surface area (Å²) in [5.74, 6) is -1.16. The second-order valence-corrected chi connectivity index (χ2v) is 4.94. The van der Waals surface area contributed by atoms with E-state index in [0.29, 0.717) is 27.9 Å². The number of aromatic carboxylic acids is 1. The van der Waals surface area contributed by atoms with E-state index in [1.54, 1.807) is 18.2 Å². The average Bonchev–Trinajstić information content (AvgIpc) is 2.75. The number of carboxylic acid groups (broad SMARTS) is 1. The lowest BCUT2D eigenvalue weighted by molar-refractivity contribution is -0.121. The van der Waals surface area contributed by atoms with Gasteiger partial charge in [0.25, 0.3) is 0 Å². The number of fused-ring (bicyclic) bond motifs is 1. The van der Waals surface area contributed by atoms with Crippen molar-refractivity contribution in [3.63, 3.8) is 0 Å². The van der Waals surface area contributed by atoms with E-state index < -0.39 is 5.97 Å². The Balaban J connectivity index is 2.38. The van der Waals surface area contributed by atoms with E-state index in [4.69, 9.17) is 11.6 Å². The molecule has 0 spiro atoms. The van der Waals surface area contributed by atoms with Gasteiger partial charge in [-0.05, 0) is 24.6 Å². The standard InChI is InChI=1S/C14H15ClN2O3/c1-2-3-12(18)16-7-10-9-6-8(15)4-5-11(9)17-13(10)14(19)20/h4-6,17H,2-3,7H2,1H3,(H,16,18)(H,19,20). The van der Waals surface area contributed by atoms with Crippen LogP contribution in [0.1, 0.15) is 35.8 Å². The maximum Gasteiger partial charge on any atom is 0.352 e. The summed E-state index contributed by atoms with van der Waals surface area (Å²) in [6, 6.07) is 5.11. The van der Waals surface area contributed by atoms with Crippen LogP contribution in [0, 0.1) is 0 Å². The molecule has 0 saturated heterocycles. The third-order valence-electron chi connectivity index (χ3n) is 3.02. The van der Waals surface area contributed by atoms with Crippen molar-refractivity contribution in [2.45, 2.75) is 26.3 Å². The van der Waals surface area contributed by atoms with E-state index in [1.807, 2.05) is 6.92 Å². The summed E-state index contributed by atoms with van der Waals surface area (Å²) in [4.78, 5) is 25.6. The lowest BCUT2D eigenvalue weighted by Gasteiger charge is -2.05. The topological polar surface area (TPSA) is 82.2 Å². The molecule has 0 bridgehead atoms. The number of halogens is 1. The van der Waals surface area contributed by atoms with Gasteiger partial charge in [-0.15, -0.1) is 0 Å². The minimum Gasteiger partial charge on any atom is -0.477 e. The van der Waals surface area contributed by atoms with Crippen molar-refractivity contribution in [3.05, 3.63) is 34.5 Å². The number of nitrogens with one attached hydrogen (secondary N) is 2. The number of hydrogen-bond donors (Lipinski definition) is 3. The molecule has 20 heavy (non-hydrogen) atoms. The van der Waals surface area contributed by atoms with Gasteiger partial charge in [0, 0.05) is 34.5 Å². The van der Waals surface area contributed by atoms with E-state index in [0.717, 1.165) is 6.42 Å². The van der Waals surface area contributed by atoms with E-state index in [-0.39, 0.29) is 18.1 Å². The van der Waals surface area contributed by atoms with Crippen molar-refractivity contribution in [2.24, 2.45) is 0 Å². The molecule has 106 valence electrons. The third kappa shape index (κ3) is 2.93. The van der Waals surface area contributed by atoms with Gasteiger partial charge >= 0.3 is 5.97 Å². The van der Waals surface area contributed by atoms with Gasteiger partial charge in [-0.1, -0.05) is 18.5 Å². The summed E-state index contributed by atoms with van der Waals surface area (Å²) in [6.07, 6.45) is 1.17. The van der Waals surface area contributed by atoms with Crippen LogP contribution in [0.3, 0.4) is 0 Å². The predicted molar refractivity (Wildman–Crippen MR) is 77.0 cm³/mol. The van der Waals surface area contributed by atoms with Gasteiger partial charge in [0.15, 0.2) is 0 Å². The highest BCUT2D eigenvalue weighted by Crippen LogP contribution is 2.25. The quantitative estimate of drug-likeness (QED) is 0.793. The van der Waals surface area contributed by atoms with Crippen LogP contribution in [0.5, 0.6) is 0 Å². The van der Waals surface area contributed by atoms with Gasteiger partial charge in [-0.3, -0.25) is 4.79 Å². The Morgan fingerprint density at radius 2 is 2.15 bits per heavy atom. The Morgan fingerprint density at radius 1 is 1.40 bits per heavy atom. The van der Waals surface area contributed by atoms with Crippen LogP contribution < -0.4 is 5.32 Å². The fraction of sp³-hybridized carbons (Fsp3) is 0.286. The van der Waals surface area contributed by atoms with Gasteiger partial charge in [-0.2, -0.15) is 0 Å². The first kappa shape index (κ1) is 14.4. The summed E-state index contributed by atoms with van der Waals surface area (Å²) >= 11 is 5.94. The lowest BCUT2D eigenvalue weighted by atomic mass is 10.1. The van der Waals surface area contributed by atoms with E-state index >= 15 is 0 Å². The molecule has 0 fully saturated rings. The number of aromatic nitrogens is 1. The zero-order valence-corrected chi connectivity index (χ0v) is 11.8. The van der Waals surface area contributed by atoms with Crippen LogP contribution in [0.25, 0.3) is 10.9 Å². The largest absolute Gasteiger partial charge is 0.477 e. The molecule has 1 amide bonds. The minimum atomic E-state index is -1.06. The molecule has 0 radical (unpaired) electrons. The highest BCUT2D eigenvalue weighted by molar-refractivity contribution is 6.31. The number of rotatable bonds is 5. The number of carboxylic acids is 1. The molecule has 6 heteroatoms. The highest BCUT2D eigenvalue weighted by atomic mass is 35.5. The Labute approximate surface area is 120 Å². The Bertz CT molecular complexity index is 664. The summed E-state index contributed by atoms with van der Waals surface area (Å²) in [5, 5.41) is 13.2. The van der Waals surface area contributed by atoms with E-state index in [9.17, 15) is 14.7 Å². The second kappa shape index (κ2) is 5.96. The molecule has 0 aliphatic rings. The molecular formula is C14H15ClN2O3. The van der Waals surface area contributed by atoms with Gasteiger partial charge in [0.1, 0.15) is 5.69 Å². The Kier molecular flexibility index (Phi) is 4.29. The monoisotopic (exact) mass is 294 g/mol. The zero-order valence-electron chi connectivity index (χ0n) is 11.0. The van der Waals surface area contributed by atoms with E-state index in [1.165, 1.54) is 0 Å². The van der Waals surface area contributed by atoms with Crippen molar-refractivity contribution in [1.29, 1.82) is 0 Å². The molecule has 2 rings (SSSR count). The van der Waals surface area contributed by atoms with Gasteiger partial charge in [0.05, 0.1) is 0 Å². The van der Waals surface area contributed by atoms with Crippen LogP contribution in [0.15, 0.2) is 18.2 Å². The zero-order chi connectivity index (χ0) is 14.7. The van der Waals surface area contributed by atoms with Crippen LogP contribution in [-0.4, -0.2) is 22.0 Å². The Morgan fingerprint density at radius 3 is 2.80 bits per heavy atom. The molecule has 1 aromatic heterocycles. The van der Waals surface area contributed by atoms with Crippen LogP contribution in [0.2, 0.25) is 5.02 Å².